The van der Waals surface area contributed by atoms with Gasteiger partial charge in [0.25, 0.3) is 11.8 Å². The van der Waals surface area contributed by atoms with Gasteiger partial charge in [0, 0.05) is 43.8 Å². The van der Waals surface area contributed by atoms with Gasteiger partial charge in [-0.3, -0.25) is 14.6 Å². The quantitative estimate of drug-likeness (QED) is 0.872. The van der Waals surface area contributed by atoms with Crippen LogP contribution in [0, 0.1) is 6.92 Å². The average molecular weight is 372 g/mol. The van der Waals surface area contributed by atoms with E-state index in [1.165, 1.54) is 12.3 Å². The summed E-state index contributed by atoms with van der Waals surface area (Å²) >= 11 is 0. The first-order chi connectivity index (χ1) is 13.0. The van der Waals surface area contributed by atoms with Crippen LogP contribution in [0.4, 0.5) is 5.82 Å². The van der Waals surface area contributed by atoms with Gasteiger partial charge in [0.05, 0.1) is 13.2 Å². The lowest BCUT2D eigenvalue weighted by molar-refractivity contribution is -0.181. The van der Waals surface area contributed by atoms with Crippen LogP contribution in [0.2, 0.25) is 0 Å². The SMILES string of the molecule is Cc1cc(NC(=O)c2cc(C(=O)N3CCC4(CC3)OCCO4)ccn2)no1. The van der Waals surface area contributed by atoms with E-state index in [1.807, 2.05) is 0 Å². The highest BCUT2D eigenvalue weighted by Crippen LogP contribution is 2.31. The minimum atomic E-state index is -0.532. The van der Waals surface area contributed by atoms with Crippen molar-refractivity contribution >= 4 is 17.6 Å². The molecule has 0 radical (unpaired) electrons. The van der Waals surface area contributed by atoms with Crippen molar-refractivity contribution in [2.45, 2.75) is 25.6 Å². The molecule has 0 atom stereocenters. The van der Waals surface area contributed by atoms with Gasteiger partial charge in [0.15, 0.2) is 11.6 Å². The third-order valence-corrected chi connectivity index (χ3v) is 4.74. The summed E-state index contributed by atoms with van der Waals surface area (Å²) in [7, 11) is 0. The van der Waals surface area contributed by atoms with Crippen molar-refractivity contribution in [2.75, 3.05) is 31.6 Å². The molecule has 27 heavy (non-hydrogen) atoms. The summed E-state index contributed by atoms with van der Waals surface area (Å²) in [6.45, 7) is 4.01. The molecule has 142 valence electrons. The number of carbonyl (C=O) groups excluding carboxylic acids is 2. The van der Waals surface area contributed by atoms with E-state index in [9.17, 15) is 9.59 Å². The van der Waals surface area contributed by atoms with E-state index >= 15 is 0 Å². The molecule has 0 saturated carbocycles. The zero-order valence-electron chi connectivity index (χ0n) is 14.9. The summed E-state index contributed by atoms with van der Waals surface area (Å²) in [6, 6.07) is 4.69. The fourth-order valence-electron chi connectivity index (χ4n) is 3.31. The average Bonchev–Trinajstić information content (AvgIpc) is 3.31. The molecule has 4 rings (SSSR count). The fourth-order valence-corrected chi connectivity index (χ4v) is 3.31. The number of hydrogen-bond donors (Lipinski definition) is 1. The lowest BCUT2D eigenvalue weighted by Gasteiger charge is -2.37. The molecule has 0 unspecified atom stereocenters. The van der Waals surface area contributed by atoms with Crippen LogP contribution in [0.5, 0.6) is 0 Å². The van der Waals surface area contributed by atoms with E-state index in [0.29, 0.717) is 56.3 Å². The number of nitrogens with zero attached hydrogens (tertiary/aromatic N) is 3. The second kappa shape index (κ2) is 7.09. The molecule has 4 heterocycles. The molecule has 9 nitrogen and oxygen atoms in total. The Kier molecular flexibility index (Phi) is 4.63. The Bertz CT molecular complexity index is 849. The topological polar surface area (TPSA) is 107 Å². The Morgan fingerprint density at radius 1 is 1.19 bits per heavy atom. The monoisotopic (exact) mass is 372 g/mol. The molecule has 0 aliphatic carbocycles. The van der Waals surface area contributed by atoms with Crippen molar-refractivity contribution in [1.82, 2.24) is 15.0 Å². The summed E-state index contributed by atoms with van der Waals surface area (Å²) in [5.74, 6) is -0.246. The number of piperidine rings is 1. The normalized spacial score (nSPS) is 18.6. The number of anilines is 1. The molecule has 1 spiro atoms. The Morgan fingerprint density at radius 2 is 1.93 bits per heavy atom. The smallest absolute Gasteiger partial charge is 0.275 e. The number of hydrogen-bond acceptors (Lipinski definition) is 7. The van der Waals surface area contributed by atoms with E-state index in [0.717, 1.165) is 0 Å². The number of likely N-dealkylation sites (tertiary alicyclic amines) is 1. The van der Waals surface area contributed by atoms with Gasteiger partial charge in [-0.1, -0.05) is 5.16 Å². The predicted molar refractivity (Wildman–Crippen MR) is 93.2 cm³/mol. The predicted octanol–water partition coefficient (Wildman–Crippen LogP) is 1.61. The summed E-state index contributed by atoms with van der Waals surface area (Å²) in [4.78, 5) is 30.9. The number of nitrogens with one attached hydrogen (secondary N) is 1. The molecule has 2 aromatic heterocycles. The number of rotatable bonds is 3. The summed E-state index contributed by atoms with van der Waals surface area (Å²) in [5.41, 5.74) is 0.549. The Hall–Kier alpha value is -2.78. The standard InChI is InChI=1S/C18H20N4O5/c1-12-10-15(21-27-12)20-16(23)14-11-13(2-5-19-14)17(24)22-6-3-18(4-7-22)25-8-9-26-18/h2,5,10-11H,3-4,6-9H2,1H3,(H,20,21,23). The zero-order chi connectivity index (χ0) is 18.9. The molecule has 2 aliphatic rings. The van der Waals surface area contributed by atoms with Crippen LogP contribution < -0.4 is 5.32 Å². The number of aromatic nitrogens is 2. The highest BCUT2D eigenvalue weighted by atomic mass is 16.7. The first-order valence-corrected chi connectivity index (χ1v) is 8.83. The third kappa shape index (κ3) is 3.69. The lowest BCUT2D eigenvalue weighted by Crippen LogP contribution is -2.47. The third-order valence-electron chi connectivity index (χ3n) is 4.74. The molecule has 9 heteroatoms. The van der Waals surface area contributed by atoms with Crippen LogP contribution in [0.15, 0.2) is 28.9 Å². The van der Waals surface area contributed by atoms with Gasteiger partial charge < -0.3 is 24.2 Å². The molecule has 1 N–H and O–H groups in total. The van der Waals surface area contributed by atoms with E-state index < -0.39 is 11.7 Å². The summed E-state index contributed by atoms with van der Waals surface area (Å²) < 4.78 is 16.3. The molecular formula is C18H20N4O5. The van der Waals surface area contributed by atoms with Crippen molar-refractivity contribution in [3.8, 4) is 0 Å². The number of pyridine rings is 1. The molecule has 2 aromatic rings. The van der Waals surface area contributed by atoms with Gasteiger partial charge >= 0.3 is 0 Å². The van der Waals surface area contributed by atoms with Crippen LogP contribution >= 0.6 is 0 Å². The van der Waals surface area contributed by atoms with Gasteiger partial charge in [-0.2, -0.15) is 0 Å². The summed E-state index contributed by atoms with van der Waals surface area (Å²) in [6.07, 6.45) is 2.73. The zero-order valence-corrected chi connectivity index (χ0v) is 14.9. The molecule has 0 aromatic carbocycles. The second-order valence-electron chi connectivity index (χ2n) is 6.61. The molecular weight excluding hydrogens is 352 g/mol. The van der Waals surface area contributed by atoms with Crippen LogP contribution in [-0.4, -0.2) is 58.9 Å². The highest BCUT2D eigenvalue weighted by Gasteiger charge is 2.40. The maximum absolute atomic E-state index is 12.8. The first kappa shape index (κ1) is 17.6. The molecule has 2 saturated heterocycles. The van der Waals surface area contributed by atoms with E-state index in [4.69, 9.17) is 14.0 Å². The van der Waals surface area contributed by atoms with Gasteiger partial charge in [-0.15, -0.1) is 0 Å². The molecule has 2 fully saturated rings. The molecule has 2 amide bonds. The molecule has 2 aliphatic heterocycles. The number of amides is 2. The first-order valence-electron chi connectivity index (χ1n) is 8.83. The maximum Gasteiger partial charge on any atom is 0.275 e. The number of aryl methyl sites for hydroxylation is 1. The van der Waals surface area contributed by atoms with Crippen LogP contribution in [0.3, 0.4) is 0 Å². The van der Waals surface area contributed by atoms with E-state index in [2.05, 4.69) is 15.5 Å². The van der Waals surface area contributed by atoms with Crippen LogP contribution in [0.1, 0.15) is 39.4 Å². The van der Waals surface area contributed by atoms with Crippen molar-refractivity contribution in [3.05, 3.63) is 41.4 Å². The Balaban J connectivity index is 1.42. The van der Waals surface area contributed by atoms with Gasteiger partial charge in [-0.25, -0.2) is 0 Å². The van der Waals surface area contributed by atoms with E-state index in [-0.39, 0.29) is 11.6 Å². The maximum atomic E-state index is 12.8. The van der Waals surface area contributed by atoms with Crippen molar-refractivity contribution in [2.24, 2.45) is 0 Å². The van der Waals surface area contributed by atoms with Crippen molar-refractivity contribution < 1.29 is 23.6 Å². The Labute approximate surface area is 155 Å². The van der Waals surface area contributed by atoms with Crippen molar-refractivity contribution in [3.63, 3.8) is 0 Å². The highest BCUT2D eigenvalue weighted by molar-refractivity contribution is 6.04. The summed E-state index contributed by atoms with van der Waals surface area (Å²) in [5, 5.41) is 6.31. The van der Waals surface area contributed by atoms with Crippen LogP contribution in [0.25, 0.3) is 0 Å². The van der Waals surface area contributed by atoms with Crippen molar-refractivity contribution in [1.29, 1.82) is 0 Å². The molecule has 0 bridgehead atoms. The minimum Gasteiger partial charge on any atom is -0.360 e. The van der Waals surface area contributed by atoms with E-state index in [1.54, 1.807) is 24.0 Å². The Morgan fingerprint density at radius 3 is 2.59 bits per heavy atom. The number of carbonyl (C=O) groups is 2. The fraction of sp³-hybridized carbons (Fsp3) is 0.444. The minimum absolute atomic E-state index is 0.137. The van der Waals surface area contributed by atoms with Gasteiger partial charge in [0.1, 0.15) is 11.5 Å². The van der Waals surface area contributed by atoms with Gasteiger partial charge in [-0.05, 0) is 19.1 Å². The van der Waals surface area contributed by atoms with Gasteiger partial charge in [0.2, 0.25) is 0 Å². The largest absolute Gasteiger partial charge is 0.360 e. The van der Waals surface area contributed by atoms with Crippen LogP contribution in [-0.2, 0) is 9.47 Å². The number of ether oxygens (including phenoxy) is 2. The lowest BCUT2D eigenvalue weighted by atomic mass is 10.0. The second-order valence-corrected chi connectivity index (χ2v) is 6.61.